The third-order valence-electron chi connectivity index (χ3n) is 4.74. The molecule has 0 radical (unpaired) electrons. The van der Waals surface area contributed by atoms with Gasteiger partial charge in [-0.2, -0.15) is 0 Å². The van der Waals surface area contributed by atoms with Gasteiger partial charge in [0.1, 0.15) is 5.82 Å². The second kappa shape index (κ2) is 6.84. The summed E-state index contributed by atoms with van der Waals surface area (Å²) in [5.74, 6) is 0.899. The fraction of sp³-hybridized carbons (Fsp3) is 0.529. The number of thiazole rings is 1. The van der Waals surface area contributed by atoms with Crippen LogP contribution in [0.25, 0.3) is 0 Å². The van der Waals surface area contributed by atoms with E-state index in [1.54, 1.807) is 29.9 Å². The summed E-state index contributed by atoms with van der Waals surface area (Å²) in [6.07, 6.45) is 11.6. The van der Waals surface area contributed by atoms with Gasteiger partial charge in [-0.1, -0.05) is 0 Å². The molecule has 1 aliphatic heterocycles. The third kappa shape index (κ3) is 3.26. The zero-order chi connectivity index (χ0) is 16.4. The molecule has 24 heavy (non-hydrogen) atoms. The first-order valence-corrected chi connectivity index (χ1v) is 9.41. The van der Waals surface area contributed by atoms with Crippen molar-refractivity contribution in [1.82, 2.24) is 15.0 Å². The van der Waals surface area contributed by atoms with Crippen molar-refractivity contribution < 1.29 is 4.79 Å². The van der Waals surface area contributed by atoms with Crippen molar-refractivity contribution >= 4 is 28.2 Å². The van der Waals surface area contributed by atoms with Crippen LogP contribution >= 0.6 is 11.3 Å². The van der Waals surface area contributed by atoms with E-state index in [2.05, 4.69) is 25.2 Å². The Labute approximate surface area is 145 Å². The van der Waals surface area contributed by atoms with Crippen LogP contribution in [0.3, 0.4) is 0 Å². The summed E-state index contributed by atoms with van der Waals surface area (Å²) >= 11 is 1.65. The van der Waals surface area contributed by atoms with Gasteiger partial charge in [-0.05, 0) is 38.5 Å². The molecule has 126 valence electrons. The fourth-order valence-electron chi connectivity index (χ4n) is 3.47. The van der Waals surface area contributed by atoms with Crippen molar-refractivity contribution in [3.8, 4) is 0 Å². The molecule has 1 unspecified atom stereocenters. The number of aromatic nitrogens is 3. The number of aryl methyl sites for hydroxylation is 2. The first kappa shape index (κ1) is 15.5. The Hall–Kier alpha value is -2.02. The molecule has 3 heterocycles. The van der Waals surface area contributed by atoms with Gasteiger partial charge in [0.25, 0.3) is 0 Å². The third-order valence-corrected chi connectivity index (χ3v) is 5.81. The van der Waals surface area contributed by atoms with E-state index in [9.17, 15) is 4.79 Å². The first-order valence-electron chi connectivity index (χ1n) is 8.60. The molecule has 0 bridgehead atoms. The number of carbonyl (C=O) groups is 1. The predicted octanol–water partition coefficient (Wildman–Crippen LogP) is 2.67. The van der Waals surface area contributed by atoms with Gasteiger partial charge >= 0.3 is 0 Å². The average molecular weight is 343 g/mol. The van der Waals surface area contributed by atoms with Gasteiger partial charge in [-0.15, -0.1) is 11.3 Å². The molecule has 2 aromatic rings. The van der Waals surface area contributed by atoms with Crippen molar-refractivity contribution in [2.75, 3.05) is 23.3 Å². The smallest absolute Gasteiger partial charge is 0.231 e. The Kier molecular flexibility index (Phi) is 4.42. The van der Waals surface area contributed by atoms with Crippen molar-refractivity contribution in [1.29, 1.82) is 0 Å². The molecule has 2 aliphatic rings. The highest BCUT2D eigenvalue weighted by atomic mass is 32.1. The van der Waals surface area contributed by atoms with E-state index in [-0.39, 0.29) is 11.8 Å². The molecule has 1 saturated heterocycles. The van der Waals surface area contributed by atoms with Gasteiger partial charge in [-0.3, -0.25) is 9.78 Å². The predicted molar refractivity (Wildman–Crippen MR) is 94.4 cm³/mol. The number of amides is 1. The van der Waals surface area contributed by atoms with Gasteiger partial charge in [0.05, 0.1) is 17.8 Å². The monoisotopic (exact) mass is 343 g/mol. The SMILES string of the molecule is O=C(Nc1nc2c(s1)CCCC2)C1CCCN(c2cnccn2)C1. The van der Waals surface area contributed by atoms with Crippen molar-refractivity contribution in [2.24, 2.45) is 5.92 Å². The number of piperidine rings is 1. The molecule has 0 aromatic carbocycles. The van der Waals surface area contributed by atoms with Crippen LogP contribution in [0.1, 0.15) is 36.3 Å². The molecular formula is C17H21N5OS. The average Bonchev–Trinajstić information content (AvgIpc) is 3.05. The summed E-state index contributed by atoms with van der Waals surface area (Å²) in [6.45, 7) is 1.61. The molecule has 1 fully saturated rings. The number of carbonyl (C=O) groups excluding carboxylic acids is 1. The first-order chi connectivity index (χ1) is 11.8. The molecule has 2 aromatic heterocycles. The lowest BCUT2D eigenvalue weighted by molar-refractivity contribution is -0.120. The van der Waals surface area contributed by atoms with Crippen molar-refractivity contribution in [3.05, 3.63) is 29.2 Å². The number of rotatable bonds is 3. The quantitative estimate of drug-likeness (QED) is 0.928. The van der Waals surface area contributed by atoms with Crippen molar-refractivity contribution in [2.45, 2.75) is 38.5 Å². The minimum Gasteiger partial charge on any atom is -0.355 e. The van der Waals surface area contributed by atoms with Crippen molar-refractivity contribution in [3.63, 3.8) is 0 Å². The molecule has 1 aliphatic carbocycles. The Balaban J connectivity index is 1.41. The Bertz CT molecular complexity index is 694. The summed E-state index contributed by atoms with van der Waals surface area (Å²) in [6, 6.07) is 0. The lowest BCUT2D eigenvalue weighted by atomic mass is 9.97. The zero-order valence-electron chi connectivity index (χ0n) is 13.6. The van der Waals surface area contributed by atoms with Gasteiger partial charge in [-0.25, -0.2) is 9.97 Å². The minimum atomic E-state index is -0.0262. The Morgan fingerprint density at radius 1 is 1.25 bits per heavy atom. The fourth-order valence-corrected chi connectivity index (χ4v) is 4.52. The van der Waals surface area contributed by atoms with Gasteiger partial charge < -0.3 is 10.2 Å². The Morgan fingerprint density at radius 2 is 2.17 bits per heavy atom. The molecular weight excluding hydrogens is 322 g/mol. The maximum absolute atomic E-state index is 12.7. The lowest BCUT2D eigenvalue weighted by Crippen LogP contribution is -2.41. The van der Waals surface area contributed by atoms with Crippen LogP contribution in [0.2, 0.25) is 0 Å². The maximum atomic E-state index is 12.7. The van der Waals surface area contributed by atoms with E-state index in [1.165, 1.54) is 23.4 Å². The molecule has 7 heteroatoms. The molecule has 0 spiro atoms. The minimum absolute atomic E-state index is 0.0262. The van der Waals surface area contributed by atoms with Crippen LogP contribution < -0.4 is 10.2 Å². The molecule has 1 atom stereocenters. The Morgan fingerprint density at radius 3 is 3.00 bits per heavy atom. The number of fused-ring (bicyclic) bond motifs is 1. The van der Waals surface area contributed by atoms with Crippen LogP contribution in [0, 0.1) is 5.92 Å². The number of nitrogens with zero attached hydrogens (tertiary/aromatic N) is 4. The second-order valence-corrected chi connectivity index (χ2v) is 7.52. The van der Waals surface area contributed by atoms with E-state index < -0.39 is 0 Å². The topological polar surface area (TPSA) is 71.0 Å². The largest absolute Gasteiger partial charge is 0.355 e. The normalized spacial score (nSPS) is 20.5. The maximum Gasteiger partial charge on any atom is 0.231 e. The van der Waals surface area contributed by atoms with Crippen LogP contribution in [-0.2, 0) is 17.6 Å². The summed E-state index contributed by atoms with van der Waals surface area (Å²) in [7, 11) is 0. The number of hydrogen-bond acceptors (Lipinski definition) is 6. The molecule has 4 rings (SSSR count). The highest BCUT2D eigenvalue weighted by Gasteiger charge is 2.27. The van der Waals surface area contributed by atoms with E-state index in [0.29, 0.717) is 6.54 Å². The lowest BCUT2D eigenvalue weighted by Gasteiger charge is -2.32. The zero-order valence-corrected chi connectivity index (χ0v) is 14.4. The second-order valence-electron chi connectivity index (χ2n) is 6.43. The number of nitrogens with one attached hydrogen (secondary N) is 1. The van der Waals surface area contributed by atoms with Crippen LogP contribution in [-0.4, -0.2) is 33.9 Å². The number of hydrogen-bond donors (Lipinski definition) is 1. The van der Waals surface area contributed by atoms with E-state index in [0.717, 1.165) is 43.2 Å². The summed E-state index contributed by atoms with van der Waals surface area (Å²) < 4.78 is 0. The standard InChI is InChI=1S/C17H21N5OS/c23-16(21-17-20-13-5-1-2-6-14(13)24-17)12-4-3-9-22(11-12)15-10-18-7-8-19-15/h7-8,10,12H,1-6,9,11H2,(H,20,21,23). The molecule has 6 nitrogen and oxygen atoms in total. The molecule has 1 N–H and O–H groups in total. The van der Waals surface area contributed by atoms with Gasteiger partial charge in [0.2, 0.25) is 5.91 Å². The summed E-state index contributed by atoms with van der Waals surface area (Å²) in [5.41, 5.74) is 1.19. The van der Waals surface area contributed by atoms with Gasteiger partial charge in [0.15, 0.2) is 5.13 Å². The van der Waals surface area contributed by atoms with Crippen LogP contribution in [0.15, 0.2) is 18.6 Å². The summed E-state index contributed by atoms with van der Waals surface area (Å²) in [4.78, 5) is 29.2. The van der Waals surface area contributed by atoms with Crippen LogP contribution in [0.5, 0.6) is 0 Å². The van der Waals surface area contributed by atoms with Gasteiger partial charge in [0, 0.05) is 30.4 Å². The molecule has 0 saturated carbocycles. The number of anilines is 2. The van der Waals surface area contributed by atoms with E-state index >= 15 is 0 Å². The summed E-state index contributed by atoms with van der Waals surface area (Å²) in [5, 5.41) is 3.81. The molecule has 1 amide bonds. The highest BCUT2D eigenvalue weighted by Crippen LogP contribution is 2.30. The van der Waals surface area contributed by atoms with Crippen LogP contribution in [0.4, 0.5) is 10.9 Å². The van der Waals surface area contributed by atoms with E-state index in [4.69, 9.17) is 0 Å². The highest BCUT2D eigenvalue weighted by molar-refractivity contribution is 7.15. The van der Waals surface area contributed by atoms with E-state index in [1.807, 2.05) is 0 Å².